The summed E-state index contributed by atoms with van der Waals surface area (Å²) in [5.74, 6) is -1.10. The second-order valence-corrected chi connectivity index (χ2v) is 8.20. The fraction of sp³-hybridized carbons (Fsp3) is 0.231. The zero-order valence-electron chi connectivity index (χ0n) is 17.7. The topological polar surface area (TPSA) is 46.2 Å². The van der Waals surface area contributed by atoms with Crippen molar-refractivity contribution in [1.29, 1.82) is 0 Å². The fourth-order valence-electron chi connectivity index (χ4n) is 4.49. The molecule has 0 radical (unpaired) electrons. The van der Waals surface area contributed by atoms with Crippen LogP contribution >= 0.6 is 0 Å². The van der Waals surface area contributed by atoms with Crippen LogP contribution in [0.3, 0.4) is 0 Å². The van der Waals surface area contributed by atoms with E-state index >= 15 is 0 Å². The summed E-state index contributed by atoms with van der Waals surface area (Å²) in [7, 11) is 0. The Morgan fingerprint density at radius 1 is 0.969 bits per heavy atom. The Bertz CT molecular complexity index is 1170. The highest BCUT2D eigenvalue weighted by Gasteiger charge is 2.52. The van der Waals surface area contributed by atoms with Gasteiger partial charge in [-0.15, -0.1) is 0 Å². The maximum atomic E-state index is 13.4. The second-order valence-electron chi connectivity index (χ2n) is 8.20. The molecule has 1 aliphatic rings. The predicted molar refractivity (Wildman–Crippen MR) is 117 cm³/mol. The minimum absolute atomic E-state index is 0.0250. The Kier molecular flexibility index (Phi) is 5.41. The van der Waals surface area contributed by atoms with Gasteiger partial charge in [-0.25, -0.2) is 0 Å². The molecule has 1 aliphatic heterocycles. The van der Waals surface area contributed by atoms with E-state index in [2.05, 4.69) is 5.32 Å². The summed E-state index contributed by atoms with van der Waals surface area (Å²) in [4.78, 5) is 26.2. The number of nitrogens with one attached hydrogen (secondary N) is 1. The summed E-state index contributed by atoms with van der Waals surface area (Å²) in [5, 5.41) is 3.10. The van der Waals surface area contributed by atoms with Crippen molar-refractivity contribution in [3.8, 4) is 0 Å². The van der Waals surface area contributed by atoms with E-state index in [0.717, 1.165) is 17.7 Å². The Labute approximate surface area is 184 Å². The molecule has 0 fully saturated rings. The van der Waals surface area contributed by atoms with Gasteiger partial charge in [0.25, 0.3) is 0 Å². The van der Waals surface area contributed by atoms with Crippen LogP contribution < -0.4 is 5.32 Å². The quantitative estimate of drug-likeness (QED) is 0.478. The molecule has 1 heterocycles. The average Bonchev–Trinajstić information content (AvgIpc) is 3.09. The van der Waals surface area contributed by atoms with E-state index in [1.54, 1.807) is 42.5 Å². The van der Waals surface area contributed by atoms with Crippen molar-refractivity contribution in [2.45, 2.75) is 37.9 Å². The van der Waals surface area contributed by atoms with Crippen LogP contribution in [0.25, 0.3) is 0 Å². The highest BCUT2D eigenvalue weighted by molar-refractivity contribution is 6.00. The van der Waals surface area contributed by atoms with Gasteiger partial charge in [-0.3, -0.25) is 9.59 Å². The lowest BCUT2D eigenvalue weighted by molar-refractivity contribution is -0.137. The number of anilines is 1. The van der Waals surface area contributed by atoms with Gasteiger partial charge in [0.05, 0.1) is 5.56 Å². The van der Waals surface area contributed by atoms with Gasteiger partial charge in [-0.05, 0) is 37.1 Å². The number of fused-ring (bicyclic) bond motifs is 1. The number of alkyl halides is 3. The van der Waals surface area contributed by atoms with Gasteiger partial charge >= 0.3 is 6.18 Å². The van der Waals surface area contributed by atoms with Gasteiger partial charge in [0.15, 0.2) is 11.6 Å². The summed E-state index contributed by atoms with van der Waals surface area (Å²) in [6.07, 6.45) is -4.54. The number of carbonyl (C=O) groups excluding carboxylic acids is 2. The number of hydrogen-bond acceptors (Lipinski definition) is 3. The first-order valence-electron chi connectivity index (χ1n) is 10.3. The van der Waals surface area contributed by atoms with E-state index in [1.165, 1.54) is 13.0 Å². The van der Waals surface area contributed by atoms with Gasteiger partial charge in [-0.2, -0.15) is 13.2 Å². The molecular formula is C26H22F3NO2. The molecule has 3 aromatic rings. The molecule has 3 nitrogen and oxygen atoms in total. The zero-order chi connectivity index (χ0) is 23.1. The third-order valence-corrected chi connectivity index (χ3v) is 6.16. The highest BCUT2D eigenvalue weighted by Crippen LogP contribution is 2.52. The van der Waals surface area contributed by atoms with Crippen LogP contribution in [-0.2, 0) is 16.5 Å². The van der Waals surface area contributed by atoms with Gasteiger partial charge < -0.3 is 5.32 Å². The first kappa shape index (κ1) is 21.8. The number of benzene rings is 3. The van der Waals surface area contributed by atoms with Crippen LogP contribution in [0.4, 0.5) is 18.9 Å². The molecule has 0 saturated carbocycles. The third-order valence-electron chi connectivity index (χ3n) is 6.16. The van der Waals surface area contributed by atoms with Crippen LogP contribution in [0.1, 0.15) is 51.9 Å². The SMILES string of the molecule is CC(=O)[C@]1(c2ccc(C)cc2)Nc2cc(C(F)(F)F)ccc2[C@H]1CC(=O)c1ccccc1. The zero-order valence-corrected chi connectivity index (χ0v) is 17.7. The standard InChI is InChI=1S/C26H22F3NO2/c1-16-8-10-19(11-9-16)25(17(2)31)22(15-24(32)18-6-4-3-5-7-18)21-13-12-20(26(27,28)29)14-23(21)30-25/h3-14,22,30H,15H2,1-2H3/t22-,25-/m1/s1. The molecule has 164 valence electrons. The number of carbonyl (C=O) groups is 2. The molecule has 0 saturated heterocycles. The summed E-state index contributed by atoms with van der Waals surface area (Å²) in [6, 6.07) is 19.4. The van der Waals surface area contributed by atoms with E-state index in [9.17, 15) is 22.8 Å². The average molecular weight is 437 g/mol. The predicted octanol–water partition coefficient (Wildman–Crippen LogP) is 6.28. The minimum Gasteiger partial charge on any atom is -0.368 e. The number of hydrogen-bond donors (Lipinski definition) is 1. The van der Waals surface area contributed by atoms with Crippen LogP contribution in [0.2, 0.25) is 0 Å². The second kappa shape index (κ2) is 7.93. The smallest absolute Gasteiger partial charge is 0.368 e. The number of Topliss-reactive ketones (excluding diaryl/α,β-unsaturated/α-hetero) is 2. The first-order chi connectivity index (χ1) is 15.1. The fourth-order valence-corrected chi connectivity index (χ4v) is 4.49. The first-order valence-corrected chi connectivity index (χ1v) is 10.3. The van der Waals surface area contributed by atoms with E-state index < -0.39 is 23.2 Å². The van der Waals surface area contributed by atoms with Crippen molar-refractivity contribution in [3.05, 3.63) is 101 Å². The lowest BCUT2D eigenvalue weighted by atomic mass is 9.72. The van der Waals surface area contributed by atoms with Crippen LogP contribution in [0.5, 0.6) is 0 Å². The molecule has 4 rings (SSSR count). The number of halogens is 3. The maximum absolute atomic E-state index is 13.4. The molecule has 0 spiro atoms. The number of aryl methyl sites for hydroxylation is 1. The molecule has 1 N–H and O–H groups in total. The van der Waals surface area contributed by atoms with Crippen molar-refractivity contribution in [3.63, 3.8) is 0 Å². The third kappa shape index (κ3) is 3.70. The van der Waals surface area contributed by atoms with Gasteiger partial charge in [0.1, 0.15) is 5.54 Å². The van der Waals surface area contributed by atoms with Crippen molar-refractivity contribution in [1.82, 2.24) is 0 Å². The van der Waals surface area contributed by atoms with Gasteiger partial charge in [-0.1, -0.05) is 66.2 Å². The van der Waals surface area contributed by atoms with Crippen molar-refractivity contribution in [2.75, 3.05) is 5.32 Å². The molecule has 0 bridgehead atoms. The van der Waals surface area contributed by atoms with Crippen LogP contribution in [0.15, 0.2) is 72.8 Å². The lowest BCUT2D eigenvalue weighted by Gasteiger charge is -2.34. The Balaban J connectivity index is 1.87. The normalized spacial score (nSPS) is 19.8. The molecular weight excluding hydrogens is 415 g/mol. The van der Waals surface area contributed by atoms with Gasteiger partial charge in [0, 0.05) is 23.6 Å². The molecule has 0 amide bonds. The molecule has 0 unspecified atom stereocenters. The highest BCUT2D eigenvalue weighted by atomic mass is 19.4. The number of rotatable bonds is 5. The molecule has 0 aromatic heterocycles. The maximum Gasteiger partial charge on any atom is 0.416 e. The summed E-state index contributed by atoms with van der Waals surface area (Å²) in [5.41, 5.74) is 0.698. The molecule has 0 aliphatic carbocycles. The summed E-state index contributed by atoms with van der Waals surface area (Å²) in [6.45, 7) is 3.32. The van der Waals surface area contributed by atoms with Gasteiger partial charge in [0.2, 0.25) is 0 Å². The summed E-state index contributed by atoms with van der Waals surface area (Å²) >= 11 is 0. The van der Waals surface area contributed by atoms with E-state index in [1.807, 2.05) is 19.1 Å². The number of ketones is 2. The monoisotopic (exact) mass is 437 g/mol. The molecule has 32 heavy (non-hydrogen) atoms. The molecule has 6 heteroatoms. The lowest BCUT2D eigenvalue weighted by Crippen LogP contribution is -2.44. The van der Waals surface area contributed by atoms with Crippen molar-refractivity contribution >= 4 is 17.3 Å². The Morgan fingerprint density at radius 2 is 1.62 bits per heavy atom. The van der Waals surface area contributed by atoms with Crippen LogP contribution in [-0.4, -0.2) is 11.6 Å². The van der Waals surface area contributed by atoms with Crippen LogP contribution in [0, 0.1) is 6.92 Å². The Morgan fingerprint density at radius 3 is 2.22 bits per heavy atom. The molecule has 2 atom stereocenters. The Hall–Kier alpha value is -3.41. The largest absolute Gasteiger partial charge is 0.416 e. The molecule has 3 aromatic carbocycles. The summed E-state index contributed by atoms with van der Waals surface area (Å²) < 4.78 is 40.1. The minimum atomic E-state index is -4.52. The van der Waals surface area contributed by atoms with E-state index in [-0.39, 0.29) is 23.7 Å². The van der Waals surface area contributed by atoms with E-state index in [0.29, 0.717) is 16.7 Å². The van der Waals surface area contributed by atoms with Crippen molar-refractivity contribution < 1.29 is 22.8 Å². The van der Waals surface area contributed by atoms with Crippen molar-refractivity contribution in [2.24, 2.45) is 0 Å². The van der Waals surface area contributed by atoms with E-state index in [4.69, 9.17) is 0 Å².